The number of benzene rings is 1. The minimum absolute atomic E-state index is 0.0795. The van der Waals surface area contributed by atoms with Gasteiger partial charge in [-0.1, -0.05) is 11.6 Å². The summed E-state index contributed by atoms with van der Waals surface area (Å²) in [5, 5.41) is 10.4. The normalized spacial score (nSPS) is 10.9. The molecule has 0 aliphatic rings. The molecule has 0 radical (unpaired) electrons. The van der Waals surface area contributed by atoms with E-state index >= 15 is 0 Å². The summed E-state index contributed by atoms with van der Waals surface area (Å²) in [6, 6.07) is 4.73. The summed E-state index contributed by atoms with van der Waals surface area (Å²) >= 11 is 5.91. The largest absolute Gasteiger partial charge is 0.506 e. The molecule has 18 heavy (non-hydrogen) atoms. The van der Waals surface area contributed by atoms with Crippen molar-refractivity contribution in [2.24, 2.45) is 0 Å². The summed E-state index contributed by atoms with van der Waals surface area (Å²) in [6.45, 7) is 0. The molecule has 0 spiro atoms. The van der Waals surface area contributed by atoms with Gasteiger partial charge in [-0.15, -0.1) is 0 Å². The number of rotatable bonds is 1. The van der Waals surface area contributed by atoms with Crippen molar-refractivity contribution in [1.82, 2.24) is 19.5 Å². The Morgan fingerprint density at radius 2 is 2.06 bits per heavy atom. The highest BCUT2D eigenvalue weighted by atomic mass is 35.5. The van der Waals surface area contributed by atoms with Crippen LogP contribution >= 0.6 is 11.6 Å². The second kappa shape index (κ2) is 3.85. The van der Waals surface area contributed by atoms with E-state index in [0.717, 1.165) is 0 Å². The Kier molecular flexibility index (Phi) is 2.31. The summed E-state index contributed by atoms with van der Waals surface area (Å²) in [5.41, 5.74) is 7.19. The van der Waals surface area contributed by atoms with Crippen molar-refractivity contribution in [3.05, 3.63) is 35.9 Å². The molecule has 6 nitrogen and oxygen atoms in total. The molecule has 0 atom stereocenters. The van der Waals surface area contributed by atoms with Crippen LogP contribution in [0.15, 0.2) is 30.9 Å². The predicted octanol–water partition coefficient (Wildman–Crippen LogP) is 1.76. The monoisotopic (exact) mass is 261 g/mol. The van der Waals surface area contributed by atoms with E-state index in [1.54, 1.807) is 16.7 Å². The van der Waals surface area contributed by atoms with Crippen molar-refractivity contribution >= 4 is 28.6 Å². The van der Waals surface area contributed by atoms with Gasteiger partial charge < -0.3 is 10.8 Å². The number of nitrogen functional groups attached to an aromatic ring is 1. The van der Waals surface area contributed by atoms with E-state index < -0.39 is 0 Å². The lowest BCUT2D eigenvalue weighted by molar-refractivity contribution is 0.472. The highest BCUT2D eigenvalue weighted by Crippen LogP contribution is 2.28. The quantitative estimate of drug-likeness (QED) is 0.697. The predicted molar refractivity (Wildman–Crippen MR) is 67.7 cm³/mol. The molecule has 90 valence electrons. The standard InChI is InChI=1S/C11H8ClN5O/c12-6-1-2-8(18)7(3-6)17-5-16-9-10(13)14-4-15-11(9)17/h1-5,18H,(H2,13,14,15). The third kappa shape index (κ3) is 1.54. The van der Waals surface area contributed by atoms with E-state index in [4.69, 9.17) is 17.3 Å². The molecule has 0 unspecified atom stereocenters. The average molecular weight is 262 g/mol. The third-order valence-corrected chi connectivity index (χ3v) is 2.79. The maximum atomic E-state index is 9.85. The molecular formula is C11H8ClN5O. The van der Waals surface area contributed by atoms with Gasteiger partial charge in [-0.25, -0.2) is 15.0 Å². The first kappa shape index (κ1) is 10.8. The van der Waals surface area contributed by atoms with Crippen LogP contribution < -0.4 is 5.73 Å². The Morgan fingerprint density at radius 1 is 1.22 bits per heavy atom. The van der Waals surface area contributed by atoms with Crippen LogP contribution in [0.4, 0.5) is 5.82 Å². The number of imidazole rings is 1. The number of anilines is 1. The van der Waals surface area contributed by atoms with E-state index in [-0.39, 0.29) is 5.75 Å². The fourth-order valence-corrected chi connectivity index (χ4v) is 1.89. The molecule has 0 amide bonds. The molecule has 0 saturated carbocycles. The van der Waals surface area contributed by atoms with Crippen molar-refractivity contribution in [3.63, 3.8) is 0 Å². The fourth-order valence-electron chi connectivity index (χ4n) is 1.72. The number of aromatic nitrogens is 4. The molecule has 2 heterocycles. The second-order valence-corrected chi connectivity index (χ2v) is 4.12. The summed E-state index contributed by atoms with van der Waals surface area (Å²) < 4.78 is 1.61. The first-order valence-corrected chi connectivity index (χ1v) is 5.47. The van der Waals surface area contributed by atoms with Gasteiger partial charge >= 0.3 is 0 Å². The van der Waals surface area contributed by atoms with Gasteiger partial charge in [0, 0.05) is 5.02 Å². The van der Waals surface area contributed by atoms with Crippen LogP contribution in [0.3, 0.4) is 0 Å². The molecular weight excluding hydrogens is 254 g/mol. The zero-order valence-electron chi connectivity index (χ0n) is 9.08. The molecule has 1 aromatic carbocycles. The minimum Gasteiger partial charge on any atom is -0.506 e. The summed E-state index contributed by atoms with van der Waals surface area (Å²) in [6.07, 6.45) is 2.86. The molecule has 3 rings (SSSR count). The summed E-state index contributed by atoms with van der Waals surface area (Å²) in [4.78, 5) is 12.1. The van der Waals surface area contributed by atoms with Crippen LogP contribution in [0.5, 0.6) is 5.75 Å². The molecule has 0 fully saturated rings. The maximum Gasteiger partial charge on any atom is 0.170 e. The molecule has 0 saturated heterocycles. The number of nitrogens with zero attached hydrogens (tertiary/aromatic N) is 4. The number of aromatic hydroxyl groups is 1. The first-order chi connectivity index (χ1) is 8.66. The molecule has 2 aromatic heterocycles. The van der Waals surface area contributed by atoms with Crippen molar-refractivity contribution < 1.29 is 5.11 Å². The molecule has 0 bridgehead atoms. The Bertz CT molecular complexity index is 739. The van der Waals surface area contributed by atoms with Crippen LogP contribution in [0, 0.1) is 0 Å². The molecule has 3 N–H and O–H groups in total. The number of hydrogen-bond donors (Lipinski definition) is 2. The number of phenols is 1. The Morgan fingerprint density at radius 3 is 2.89 bits per heavy atom. The number of nitrogens with two attached hydrogens (primary N) is 1. The van der Waals surface area contributed by atoms with E-state index in [1.807, 2.05) is 0 Å². The Labute approximate surface area is 107 Å². The van der Waals surface area contributed by atoms with Gasteiger partial charge in [0.1, 0.15) is 18.4 Å². The minimum atomic E-state index is 0.0795. The van der Waals surface area contributed by atoms with Gasteiger partial charge in [-0.3, -0.25) is 4.57 Å². The summed E-state index contributed by atoms with van der Waals surface area (Å²) in [7, 11) is 0. The molecule has 0 aliphatic carbocycles. The van der Waals surface area contributed by atoms with E-state index in [2.05, 4.69) is 15.0 Å². The van der Waals surface area contributed by atoms with Gasteiger partial charge in [-0.2, -0.15) is 0 Å². The van der Waals surface area contributed by atoms with Gasteiger partial charge in [0.25, 0.3) is 0 Å². The van der Waals surface area contributed by atoms with Gasteiger partial charge in [0.05, 0.1) is 5.69 Å². The molecule has 3 aromatic rings. The highest BCUT2D eigenvalue weighted by Gasteiger charge is 2.12. The number of halogens is 1. The lowest BCUT2D eigenvalue weighted by atomic mass is 10.3. The van der Waals surface area contributed by atoms with Crippen molar-refractivity contribution in [2.45, 2.75) is 0 Å². The number of fused-ring (bicyclic) bond motifs is 1. The zero-order chi connectivity index (χ0) is 12.7. The van der Waals surface area contributed by atoms with Crippen LogP contribution in [0.1, 0.15) is 0 Å². The Balaban J connectivity index is 2.32. The van der Waals surface area contributed by atoms with Gasteiger partial charge in [-0.05, 0) is 18.2 Å². The van der Waals surface area contributed by atoms with Gasteiger partial charge in [0.15, 0.2) is 17.0 Å². The maximum absolute atomic E-state index is 9.85. The fraction of sp³-hybridized carbons (Fsp3) is 0. The van der Waals surface area contributed by atoms with E-state index in [0.29, 0.717) is 27.7 Å². The lowest BCUT2D eigenvalue weighted by Gasteiger charge is -2.06. The number of hydrogen-bond acceptors (Lipinski definition) is 5. The zero-order valence-corrected chi connectivity index (χ0v) is 9.83. The average Bonchev–Trinajstić information content (AvgIpc) is 2.77. The van der Waals surface area contributed by atoms with Crippen molar-refractivity contribution in [1.29, 1.82) is 0 Å². The highest BCUT2D eigenvalue weighted by molar-refractivity contribution is 6.30. The second-order valence-electron chi connectivity index (χ2n) is 3.68. The Hall–Kier alpha value is -2.34. The third-order valence-electron chi connectivity index (χ3n) is 2.56. The van der Waals surface area contributed by atoms with E-state index in [9.17, 15) is 5.11 Å². The van der Waals surface area contributed by atoms with Crippen molar-refractivity contribution in [2.75, 3.05) is 5.73 Å². The summed E-state index contributed by atoms with van der Waals surface area (Å²) in [5.74, 6) is 0.371. The SMILES string of the molecule is Nc1ncnc2c1ncn2-c1cc(Cl)ccc1O. The smallest absolute Gasteiger partial charge is 0.170 e. The first-order valence-electron chi connectivity index (χ1n) is 5.09. The van der Waals surface area contributed by atoms with Gasteiger partial charge in [0.2, 0.25) is 0 Å². The van der Waals surface area contributed by atoms with Crippen molar-refractivity contribution in [3.8, 4) is 11.4 Å². The topological polar surface area (TPSA) is 89.9 Å². The van der Waals surface area contributed by atoms with Crippen LogP contribution in [0.2, 0.25) is 5.02 Å². The van der Waals surface area contributed by atoms with Crippen LogP contribution in [-0.2, 0) is 0 Å². The molecule has 0 aliphatic heterocycles. The lowest BCUT2D eigenvalue weighted by Crippen LogP contribution is -1.97. The van der Waals surface area contributed by atoms with E-state index in [1.165, 1.54) is 18.7 Å². The van der Waals surface area contributed by atoms with Crippen LogP contribution in [-0.4, -0.2) is 24.6 Å². The van der Waals surface area contributed by atoms with Crippen LogP contribution in [0.25, 0.3) is 16.9 Å². The number of phenolic OH excluding ortho intramolecular Hbond substituents is 1. The molecule has 7 heteroatoms.